The molecule has 1 aromatic carbocycles. The van der Waals surface area contributed by atoms with E-state index in [0.717, 1.165) is 25.7 Å². The Hall–Kier alpha value is -0.900. The van der Waals surface area contributed by atoms with E-state index in [1.165, 1.54) is 12.5 Å². The van der Waals surface area contributed by atoms with Gasteiger partial charge in [-0.1, -0.05) is 26.2 Å². The largest absolute Gasteiger partial charge is 0.326 e. The molecule has 0 bridgehead atoms. The minimum atomic E-state index is -0.322. The molecule has 0 atom stereocenters. The molecule has 1 saturated carbocycles. The predicted octanol–water partition coefficient (Wildman–Crippen LogP) is 4.50. The smallest absolute Gasteiger partial charge is 0.230 e. The van der Waals surface area contributed by atoms with E-state index in [9.17, 15) is 9.18 Å². The molecule has 1 N–H and O–H groups in total. The number of anilines is 1. The zero-order valence-corrected chi connectivity index (χ0v) is 12.0. The Bertz CT molecular complexity index is 455. The summed E-state index contributed by atoms with van der Waals surface area (Å²) >= 11 is 3.12. The Labute approximate surface area is 115 Å². The fourth-order valence-corrected chi connectivity index (χ4v) is 2.79. The Morgan fingerprint density at radius 2 is 2.00 bits per heavy atom. The molecule has 1 aliphatic carbocycles. The molecule has 0 aromatic heterocycles. The fraction of sp³-hybridized carbons (Fsp3) is 0.500. The molecular weight excluding hydrogens is 297 g/mol. The lowest BCUT2D eigenvalue weighted by molar-refractivity contribution is -0.126. The van der Waals surface area contributed by atoms with Crippen LogP contribution >= 0.6 is 15.9 Å². The first-order valence-corrected chi connectivity index (χ1v) is 7.07. The maximum Gasteiger partial charge on any atom is 0.230 e. The average Bonchev–Trinajstić information content (AvgIpc) is 2.35. The van der Waals surface area contributed by atoms with E-state index in [-0.39, 0.29) is 17.1 Å². The molecule has 1 amide bonds. The van der Waals surface area contributed by atoms with E-state index in [0.29, 0.717) is 10.2 Å². The van der Waals surface area contributed by atoms with Crippen LogP contribution in [0.3, 0.4) is 0 Å². The summed E-state index contributed by atoms with van der Waals surface area (Å²) in [6.07, 6.45) is 5.29. The van der Waals surface area contributed by atoms with Gasteiger partial charge in [0.1, 0.15) is 5.82 Å². The van der Waals surface area contributed by atoms with Gasteiger partial charge in [0.05, 0.1) is 4.47 Å². The van der Waals surface area contributed by atoms with Gasteiger partial charge in [0.15, 0.2) is 0 Å². The zero-order valence-electron chi connectivity index (χ0n) is 10.4. The van der Waals surface area contributed by atoms with Crippen molar-refractivity contribution in [3.63, 3.8) is 0 Å². The van der Waals surface area contributed by atoms with Gasteiger partial charge in [0.2, 0.25) is 5.91 Å². The summed E-state index contributed by atoms with van der Waals surface area (Å²) in [6.45, 7) is 2.01. The lowest BCUT2D eigenvalue weighted by atomic mass is 9.75. The van der Waals surface area contributed by atoms with Gasteiger partial charge in [-0.3, -0.25) is 4.79 Å². The van der Waals surface area contributed by atoms with Gasteiger partial charge < -0.3 is 5.32 Å². The second-order valence-corrected chi connectivity index (χ2v) is 6.06. The van der Waals surface area contributed by atoms with Gasteiger partial charge in [-0.05, 0) is 47.0 Å². The molecule has 1 fully saturated rings. The van der Waals surface area contributed by atoms with Crippen LogP contribution in [-0.2, 0) is 4.79 Å². The quantitative estimate of drug-likeness (QED) is 0.856. The van der Waals surface area contributed by atoms with Crippen LogP contribution < -0.4 is 5.32 Å². The van der Waals surface area contributed by atoms with Crippen LogP contribution in [0, 0.1) is 11.2 Å². The highest BCUT2D eigenvalue weighted by Crippen LogP contribution is 2.36. The van der Waals surface area contributed by atoms with Crippen LogP contribution in [0.5, 0.6) is 0 Å². The van der Waals surface area contributed by atoms with Crippen LogP contribution in [0.15, 0.2) is 22.7 Å². The molecule has 0 heterocycles. The molecule has 1 aromatic rings. The van der Waals surface area contributed by atoms with Crippen molar-refractivity contribution in [2.75, 3.05) is 5.32 Å². The number of halogens is 2. The standard InChI is InChI=1S/C14H17BrFNO/c1-14(7-3-2-4-8-14)13(18)17-10-5-6-12(16)11(15)9-10/h5-6,9H,2-4,7-8H2,1H3,(H,17,18). The van der Waals surface area contributed by atoms with Crippen LogP contribution in [0.2, 0.25) is 0 Å². The number of carbonyl (C=O) groups excluding carboxylic acids is 1. The Morgan fingerprint density at radius 3 is 2.61 bits per heavy atom. The minimum Gasteiger partial charge on any atom is -0.326 e. The average molecular weight is 314 g/mol. The number of hydrogen-bond donors (Lipinski definition) is 1. The summed E-state index contributed by atoms with van der Waals surface area (Å²) in [7, 11) is 0. The molecule has 98 valence electrons. The number of benzene rings is 1. The lowest BCUT2D eigenvalue weighted by Gasteiger charge is -2.32. The SMILES string of the molecule is CC1(C(=O)Nc2ccc(F)c(Br)c2)CCCCC1. The minimum absolute atomic E-state index is 0.0423. The van der Waals surface area contributed by atoms with Crippen LogP contribution in [0.1, 0.15) is 39.0 Å². The van der Waals surface area contributed by atoms with Crippen molar-refractivity contribution in [3.05, 3.63) is 28.5 Å². The van der Waals surface area contributed by atoms with Gasteiger partial charge in [-0.2, -0.15) is 0 Å². The van der Waals surface area contributed by atoms with Gasteiger partial charge in [-0.25, -0.2) is 4.39 Å². The summed E-state index contributed by atoms with van der Waals surface area (Å²) in [4.78, 5) is 12.3. The van der Waals surface area contributed by atoms with Crippen molar-refractivity contribution in [2.24, 2.45) is 5.41 Å². The van der Waals surface area contributed by atoms with Crippen LogP contribution in [0.25, 0.3) is 0 Å². The van der Waals surface area contributed by atoms with Crippen molar-refractivity contribution in [3.8, 4) is 0 Å². The van der Waals surface area contributed by atoms with Crippen LogP contribution in [0.4, 0.5) is 10.1 Å². The molecule has 0 aliphatic heterocycles. The highest BCUT2D eigenvalue weighted by Gasteiger charge is 2.34. The topological polar surface area (TPSA) is 29.1 Å². The summed E-state index contributed by atoms with van der Waals surface area (Å²) in [5.74, 6) is -0.280. The van der Waals surface area contributed by atoms with E-state index in [4.69, 9.17) is 0 Å². The first-order chi connectivity index (χ1) is 8.51. The first kappa shape index (κ1) is 13.5. The molecule has 18 heavy (non-hydrogen) atoms. The van der Waals surface area contributed by atoms with E-state index < -0.39 is 0 Å². The van der Waals surface area contributed by atoms with E-state index in [2.05, 4.69) is 21.2 Å². The highest BCUT2D eigenvalue weighted by atomic mass is 79.9. The van der Waals surface area contributed by atoms with Gasteiger partial charge in [-0.15, -0.1) is 0 Å². The van der Waals surface area contributed by atoms with E-state index >= 15 is 0 Å². The molecule has 0 unspecified atom stereocenters. The third-order valence-corrected chi connectivity index (χ3v) is 4.29. The Kier molecular flexibility index (Phi) is 4.05. The number of rotatable bonds is 2. The van der Waals surface area contributed by atoms with Crippen molar-refractivity contribution >= 4 is 27.5 Å². The second-order valence-electron chi connectivity index (χ2n) is 5.20. The van der Waals surface area contributed by atoms with E-state index in [1.807, 2.05) is 6.92 Å². The number of amides is 1. The van der Waals surface area contributed by atoms with Gasteiger partial charge in [0, 0.05) is 11.1 Å². The molecule has 0 radical (unpaired) electrons. The number of nitrogens with one attached hydrogen (secondary N) is 1. The van der Waals surface area contributed by atoms with Crippen molar-refractivity contribution < 1.29 is 9.18 Å². The predicted molar refractivity (Wildman–Crippen MR) is 73.9 cm³/mol. The third-order valence-electron chi connectivity index (χ3n) is 3.68. The lowest BCUT2D eigenvalue weighted by Crippen LogP contribution is -2.35. The zero-order chi connectivity index (χ0) is 13.2. The monoisotopic (exact) mass is 313 g/mol. The molecule has 2 nitrogen and oxygen atoms in total. The van der Waals surface area contributed by atoms with Crippen molar-refractivity contribution in [2.45, 2.75) is 39.0 Å². The number of hydrogen-bond acceptors (Lipinski definition) is 1. The molecule has 1 aliphatic rings. The molecular formula is C14H17BrFNO. The van der Waals surface area contributed by atoms with Gasteiger partial charge in [0.25, 0.3) is 0 Å². The summed E-state index contributed by atoms with van der Waals surface area (Å²) in [5.41, 5.74) is 0.360. The van der Waals surface area contributed by atoms with Gasteiger partial charge >= 0.3 is 0 Å². The van der Waals surface area contributed by atoms with Crippen molar-refractivity contribution in [1.82, 2.24) is 0 Å². The Balaban J connectivity index is 2.08. The van der Waals surface area contributed by atoms with Crippen molar-refractivity contribution in [1.29, 1.82) is 0 Å². The van der Waals surface area contributed by atoms with Crippen LogP contribution in [-0.4, -0.2) is 5.91 Å². The molecule has 0 saturated heterocycles. The molecule has 0 spiro atoms. The summed E-state index contributed by atoms with van der Waals surface area (Å²) in [6, 6.07) is 4.53. The molecule has 2 rings (SSSR count). The summed E-state index contributed by atoms with van der Waals surface area (Å²) < 4.78 is 13.5. The molecule has 4 heteroatoms. The summed E-state index contributed by atoms with van der Waals surface area (Å²) in [5, 5.41) is 2.88. The Morgan fingerprint density at radius 1 is 1.33 bits per heavy atom. The maximum atomic E-state index is 13.1. The number of carbonyl (C=O) groups is 1. The fourth-order valence-electron chi connectivity index (χ4n) is 2.42. The van der Waals surface area contributed by atoms with E-state index in [1.54, 1.807) is 12.1 Å². The normalized spacial score (nSPS) is 18.4. The highest BCUT2D eigenvalue weighted by molar-refractivity contribution is 9.10. The first-order valence-electron chi connectivity index (χ1n) is 6.28. The third kappa shape index (κ3) is 2.91. The maximum absolute atomic E-state index is 13.1. The second kappa shape index (κ2) is 5.39.